The minimum atomic E-state index is 1.08. The number of hydrogen-bond acceptors (Lipinski definition) is 1. The van der Waals surface area contributed by atoms with Gasteiger partial charge in [0.2, 0.25) is 0 Å². The van der Waals surface area contributed by atoms with Gasteiger partial charge in [-0.15, -0.1) is 0 Å². The van der Waals surface area contributed by atoms with E-state index in [1.807, 2.05) is 0 Å². The Bertz CT molecular complexity index is 3340. The summed E-state index contributed by atoms with van der Waals surface area (Å²) in [5.41, 5.74) is 15.2. The molecule has 0 aliphatic heterocycles. The Hall–Kier alpha value is -8.00. The summed E-state index contributed by atoms with van der Waals surface area (Å²) in [6.07, 6.45) is 0. The van der Waals surface area contributed by atoms with Crippen molar-refractivity contribution in [2.24, 2.45) is 0 Å². The van der Waals surface area contributed by atoms with Gasteiger partial charge in [-0.2, -0.15) is 0 Å². The topological polar surface area (TPSA) is 3.24 Å². The summed E-state index contributed by atoms with van der Waals surface area (Å²) in [7, 11) is 0. The van der Waals surface area contributed by atoms with E-state index in [2.05, 4.69) is 254 Å². The highest BCUT2D eigenvalue weighted by Crippen LogP contribution is 2.52. The van der Waals surface area contributed by atoms with Crippen LogP contribution in [0.3, 0.4) is 0 Å². The van der Waals surface area contributed by atoms with Crippen LogP contribution in [0.2, 0.25) is 0 Å². The zero-order chi connectivity index (χ0) is 40.5. The first-order chi connectivity index (χ1) is 30.3. The largest absolute Gasteiger partial charge is 0.309 e. The molecule has 1 heteroatoms. The van der Waals surface area contributed by atoms with Crippen LogP contribution in [0.25, 0.3) is 88.0 Å². The van der Waals surface area contributed by atoms with Crippen molar-refractivity contribution in [2.45, 2.75) is 0 Å². The van der Waals surface area contributed by atoms with Gasteiger partial charge in [0.15, 0.2) is 0 Å². The van der Waals surface area contributed by atoms with E-state index in [9.17, 15) is 0 Å². The Labute approximate surface area is 357 Å². The standard InChI is InChI=1S/C60H41N/c1-5-19-42(20-6-1)47-35-33-43-34-36-48(40-49(43)39-47)59-55-30-15-13-28-53(55)54-29-14-16-31-56(54)60(59)61(58-32-18-17-27-52(58)45-23-9-3-10-24-45)50-37-38-51(44-21-7-2-8-22-44)57(41-50)46-25-11-4-12-26-46/h1-41H. The molecule has 0 aromatic heterocycles. The van der Waals surface area contributed by atoms with Gasteiger partial charge >= 0.3 is 0 Å². The van der Waals surface area contributed by atoms with Crippen molar-refractivity contribution >= 4 is 49.4 Å². The number of hydrogen-bond donors (Lipinski definition) is 0. The normalized spacial score (nSPS) is 11.3. The fourth-order valence-electron chi connectivity index (χ4n) is 9.18. The second-order valence-corrected chi connectivity index (χ2v) is 15.6. The molecule has 0 aliphatic carbocycles. The van der Waals surface area contributed by atoms with Crippen molar-refractivity contribution in [3.05, 3.63) is 249 Å². The van der Waals surface area contributed by atoms with Gasteiger partial charge in [-0.25, -0.2) is 0 Å². The van der Waals surface area contributed by atoms with Crippen LogP contribution in [-0.4, -0.2) is 0 Å². The predicted molar refractivity (Wildman–Crippen MR) is 261 cm³/mol. The number of anilines is 3. The van der Waals surface area contributed by atoms with E-state index in [1.54, 1.807) is 0 Å². The highest BCUT2D eigenvalue weighted by atomic mass is 15.1. The third kappa shape index (κ3) is 6.63. The highest BCUT2D eigenvalue weighted by Gasteiger charge is 2.26. The molecule has 286 valence electrons. The molecule has 0 fully saturated rings. The van der Waals surface area contributed by atoms with Gasteiger partial charge in [-0.05, 0) is 102 Å². The summed E-state index contributed by atoms with van der Waals surface area (Å²) in [6, 6.07) is 90.7. The maximum Gasteiger partial charge on any atom is 0.0625 e. The lowest BCUT2D eigenvalue weighted by Crippen LogP contribution is -2.14. The quantitative estimate of drug-likeness (QED) is 0.139. The third-order valence-electron chi connectivity index (χ3n) is 12.0. The fraction of sp³-hybridized carbons (Fsp3) is 0. The van der Waals surface area contributed by atoms with Crippen LogP contribution in [0.15, 0.2) is 249 Å². The molecule has 0 N–H and O–H groups in total. The van der Waals surface area contributed by atoms with Crippen LogP contribution in [0.1, 0.15) is 0 Å². The van der Waals surface area contributed by atoms with Crippen LogP contribution in [0.5, 0.6) is 0 Å². The Morgan fingerprint density at radius 3 is 1.38 bits per heavy atom. The van der Waals surface area contributed by atoms with E-state index in [4.69, 9.17) is 0 Å². The van der Waals surface area contributed by atoms with Crippen LogP contribution in [-0.2, 0) is 0 Å². The van der Waals surface area contributed by atoms with Gasteiger partial charge < -0.3 is 4.90 Å². The maximum atomic E-state index is 2.54. The van der Waals surface area contributed by atoms with Crippen molar-refractivity contribution in [2.75, 3.05) is 4.90 Å². The summed E-state index contributed by atoms with van der Waals surface area (Å²) in [5, 5.41) is 7.26. The molecule has 61 heavy (non-hydrogen) atoms. The number of para-hydroxylation sites is 1. The zero-order valence-corrected chi connectivity index (χ0v) is 33.6. The summed E-state index contributed by atoms with van der Waals surface area (Å²) >= 11 is 0. The average molecular weight is 776 g/mol. The molecule has 0 unspecified atom stereocenters. The monoisotopic (exact) mass is 775 g/mol. The molecule has 0 spiro atoms. The molecule has 0 aliphatic rings. The summed E-state index contributed by atoms with van der Waals surface area (Å²) in [4.78, 5) is 2.54. The second kappa shape index (κ2) is 15.6. The molecular formula is C60H41N. The van der Waals surface area contributed by atoms with Crippen LogP contribution in [0, 0.1) is 0 Å². The van der Waals surface area contributed by atoms with Crippen molar-refractivity contribution in [3.8, 4) is 55.6 Å². The van der Waals surface area contributed by atoms with Crippen molar-refractivity contribution in [1.82, 2.24) is 0 Å². The first-order valence-corrected chi connectivity index (χ1v) is 21.0. The van der Waals surface area contributed by atoms with E-state index >= 15 is 0 Å². The lowest BCUT2D eigenvalue weighted by molar-refractivity contribution is 1.30. The molecule has 0 saturated carbocycles. The molecule has 0 saturated heterocycles. The van der Waals surface area contributed by atoms with Gasteiger partial charge in [0.05, 0.1) is 11.4 Å². The first kappa shape index (κ1) is 36.1. The molecule has 0 atom stereocenters. The number of rotatable bonds is 8. The lowest BCUT2D eigenvalue weighted by atomic mass is 9.88. The Morgan fingerprint density at radius 2 is 0.721 bits per heavy atom. The minimum absolute atomic E-state index is 1.08. The summed E-state index contributed by atoms with van der Waals surface area (Å²) in [6.45, 7) is 0. The molecule has 11 aromatic rings. The Balaban J connectivity index is 1.26. The van der Waals surface area contributed by atoms with E-state index in [0.29, 0.717) is 0 Å². The van der Waals surface area contributed by atoms with Gasteiger partial charge in [-0.1, -0.05) is 218 Å². The average Bonchev–Trinajstić information content (AvgIpc) is 3.35. The highest BCUT2D eigenvalue weighted by molar-refractivity contribution is 6.23. The predicted octanol–water partition coefficient (Wildman–Crippen LogP) is 17.0. The molecule has 11 rings (SSSR count). The number of fused-ring (bicyclic) bond motifs is 4. The molecule has 0 amide bonds. The van der Waals surface area contributed by atoms with Crippen molar-refractivity contribution < 1.29 is 0 Å². The van der Waals surface area contributed by atoms with Gasteiger partial charge in [0.1, 0.15) is 0 Å². The smallest absolute Gasteiger partial charge is 0.0625 e. The van der Waals surface area contributed by atoms with Gasteiger partial charge in [0, 0.05) is 22.2 Å². The molecule has 0 bridgehead atoms. The SMILES string of the molecule is c1ccc(-c2ccc3ccc(-c4c(N(c5ccc(-c6ccccc6)c(-c6ccccc6)c5)c5ccccc5-c5ccccc5)c5ccccc5c5ccccc45)cc3c2)cc1. The van der Waals surface area contributed by atoms with E-state index < -0.39 is 0 Å². The lowest BCUT2D eigenvalue weighted by Gasteiger charge is -2.33. The fourth-order valence-corrected chi connectivity index (χ4v) is 9.18. The molecular weight excluding hydrogens is 735 g/mol. The Morgan fingerprint density at radius 1 is 0.246 bits per heavy atom. The maximum absolute atomic E-state index is 2.54. The van der Waals surface area contributed by atoms with Crippen molar-refractivity contribution in [1.29, 1.82) is 0 Å². The minimum Gasteiger partial charge on any atom is -0.309 e. The Kier molecular flexibility index (Phi) is 9.26. The van der Waals surface area contributed by atoms with E-state index in [0.717, 1.165) is 28.2 Å². The van der Waals surface area contributed by atoms with Crippen molar-refractivity contribution in [3.63, 3.8) is 0 Å². The molecule has 11 aromatic carbocycles. The first-order valence-electron chi connectivity index (χ1n) is 21.0. The van der Waals surface area contributed by atoms with Crippen LogP contribution in [0.4, 0.5) is 17.1 Å². The van der Waals surface area contributed by atoms with Gasteiger partial charge in [-0.3, -0.25) is 0 Å². The van der Waals surface area contributed by atoms with Crippen LogP contribution >= 0.6 is 0 Å². The number of benzene rings is 11. The van der Waals surface area contributed by atoms with E-state index in [-0.39, 0.29) is 0 Å². The van der Waals surface area contributed by atoms with Gasteiger partial charge in [0.25, 0.3) is 0 Å². The zero-order valence-electron chi connectivity index (χ0n) is 33.6. The summed E-state index contributed by atoms with van der Waals surface area (Å²) < 4.78 is 0. The van der Waals surface area contributed by atoms with Crippen LogP contribution < -0.4 is 4.90 Å². The summed E-state index contributed by atoms with van der Waals surface area (Å²) in [5.74, 6) is 0. The second-order valence-electron chi connectivity index (χ2n) is 15.6. The molecule has 0 heterocycles. The molecule has 0 radical (unpaired) electrons. The number of nitrogens with zero attached hydrogens (tertiary/aromatic N) is 1. The third-order valence-corrected chi connectivity index (χ3v) is 12.0. The van der Waals surface area contributed by atoms with E-state index in [1.165, 1.54) is 76.8 Å². The molecule has 1 nitrogen and oxygen atoms in total.